The van der Waals surface area contributed by atoms with Gasteiger partial charge in [-0.05, 0) is 23.8 Å². The molecule has 0 aliphatic carbocycles. The number of halogens is 3. The lowest BCUT2D eigenvalue weighted by Crippen LogP contribution is -2.32. The van der Waals surface area contributed by atoms with Crippen molar-refractivity contribution >= 4 is 11.6 Å². The molecule has 0 bridgehead atoms. The summed E-state index contributed by atoms with van der Waals surface area (Å²) < 4.78 is 46.3. The molecule has 0 aliphatic heterocycles. The van der Waals surface area contributed by atoms with E-state index in [4.69, 9.17) is 10.00 Å². The number of fused-ring (bicyclic) bond motifs is 1. The maximum atomic E-state index is 12.8. The molecule has 2 heterocycles. The Balaban J connectivity index is 1.87. The number of imidazole rings is 1. The summed E-state index contributed by atoms with van der Waals surface area (Å²) in [6.07, 6.45) is -2.84. The fraction of sp³-hybridized carbons (Fsp3) is 0.211. The number of nitriles is 1. The van der Waals surface area contributed by atoms with E-state index in [1.165, 1.54) is 21.1 Å². The summed E-state index contributed by atoms with van der Waals surface area (Å²) in [5.41, 5.74) is -0.367. The summed E-state index contributed by atoms with van der Waals surface area (Å²) in [5.74, 6) is -1.28. The van der Waals surface area contributed by atoms with E-state index in [0.29, 0.717) is 5.65 Å². The van der Waals surface area contributed by atoms with E-state index >= 15 is 0 Å². The van der Waals surface area contributed by atoms with Crippen molar-refractivity contribution in [2.75, 3.05) is 0 Å². The highest BCUT2D eigenvalue weighted by Gasteiger charge is 2.32. The molecular formula is C19H15F3N3O3+. The number of aromatic nitrogens is 2. The van der Waals surface area contributed by atoms with Gasteiger partial charge < -0.3 is 9.84 Å². The normalized spacial score (nSPS) is 11.4. The van der Waals surface area contributed by atoms with Crippen molar-refractivity contribution in [3.63, 3.8) is 0 Å². The van der Waals surface area contributed by atoms with Crippen LogP contribution in [0.1, 0.15) is 28.0 Å². The number of carbonyl (C=O) groups is 1. The Labute approximate surface area is 157 Å². The van der Waals surface area contributed by atoms with E-state index in [2.05, 4.69) is 0 Å². The van der Waals surface area contributed by atoms with Crippen LogP contribution < -0.4 is 4.57 Å². The maximum Gasteiger partial charge on any atom is 0.416 e. The average molecular weight is 390 g/mol. The van der Waals surface area contributed by atoms with Crippen LogP contribution in [-0.2, 0) is 24.1 Å². The lowest BCUT2D eigenvalue weighted by molar-refractivity contribution is -0.675. The van der Waals surface area contributed by atoms with Crippen molar-refractivity contribution in [2.24, 2.45) is 0 Å². The monoisotopic (exact) mass is 390 g/mol. The van der Waals surface area contributed by atoms with E-state index in [0.717, 1.165) is 12.1 Å². The van der Waals surface area contributed by atoms with Gasteiger partial charge in [-0.2, -0.15) is 27.4 Å². The Morgan fingerprint density at radius 3 is 2.75 bits per heavy atom. The molecule has 0 spiro atoms. The molecule has 0 amide bonds. The molecule has 0 saturated carbocycles. The molecule has 3 rings (SSSR count). The molecule has 0 saturated heterocycles. The van der Waals surface area contributed by atoms with Gasteiger partial charge in [0.25, 0.3) is 5.65 Å². The molecule has 144 valence electrons. The van der Waals surface area contributed by atoms with Crippen LogP contribution in [0.4, 0.5) is 13.2 Å². The molecule has 0 radical (unpaired) electrons. The lowest BCUT2D eigenvalue weighted by Gasteiger charge is -2.08. The van der Waals surface area contributed by atoms with Gasteiger partial charge in [0.05, 0.1) is 24.3 Å². The topological polar surface area (TPSA) is 78.6 Å². The number of carbonyl (C=O) groups excluding carboxylic acids is 1. The minimum Gasteiger partial charge on any atom is -0.474 e. The largest absolute Gasteiger partial charge is 0.474 e. The minimum absolute atomic E-state index is 0.117. The first-order valence-corrected chi connectivity index (χ1v) is 8.25. The molecule has 28 heavy (non-hydrogen) atoms. The van der Waals surface area contributed by atoms with Gasteiger partial charge in [0, 0.05) is 6.07 Å². The number of nitrogens with zero attached hydrogens (tertiary/aromatic N) is 3. The summed E-state index contributed by atoms with van der Waals surface area (Å²) >= 11 is 0. The summed E-state index contributed by atoms with van der Waals surface area (Å²) in [4.78, 5) is 12.5. The summed E-state index contributed by atoms with van der Waals surface area (Å²) in [7, 11) is 0. The number of esters is 1. The fourth-order valence-electron chi connectivity index (χ4n) is 2.81. The van der Waals surface area contributed by atoms with E-state index in [-0.39, 0.29) is 36.7 Å². The molecular weight excluding hydrogens is 375 g/mol. The molecule has 0 unspecified atom stereocenters. The Morgan fingerprint density at radius 1 is 1.25 bits per heavy atom. The third kappa shape index (κ3) is 3.76. The van der Waals surface area contributed by atoms with Gasteiger partial charge in [-0.25, -0.2) is 4.79 Å². The smallest absolute Gasteiger partial charge is 0.416 e. The zero-order chi connectivity index (χ0) is 20.3. The zero-order valence-corrected chi connectivity index (χ0v) is 14.5. The van der Waals surface area contributed by atoms with Crippen molar-refractivity contribution in [1.82, 2.24) is 4.40 Å². The van der Waals surface area contributed by atoms with Gasteiger partial charge in [-0.3, -0.25) is 0 Å². The number of ether oxygens (including phenoxy) is 1. The van der Waals surface area contributed by atoms with Crippen LogP contribution in [0.2, 0.25) is 0 Å². The average Bonchev–Trinajstić information content (AvgIpc) is 2.95. The molecule has 0 atom stereocenters. The number of aromatic hydroxyl groups is 1. The Hall–Kier alpha value is -3.54. The Kier molecular flexibility index (Phi) is 5.22. The fourth-order valence-corrected chi connectivity index (χ4v) is 2.81. The molecule has 6 nitrogen and oxygen atoms in total. The van der Waals surface area contributed by atoms with Gasteiger partial charge in [0.15, 0.2) is 0 Å². The number of benzene rings is 1. The summed E-state index contributed by atoms with van der Waals surface area (Å²) in [5, 5.41) is 19.2. The summed E-state index contributed by atoms with van der Waals surface area (Å²) in [6.45, 7) is -0.225. The third-order valence-electron chi connectivity index (χ3n) is 4.09. The Morgan fingerprint density at radius 2 is 2.04 bits per heavy atom. The predicted molar refractivity (Wildman–Crippen MR) is 90.1 cm³/mol. The third-order valence-corrected chi connectivity index (χ3v) is 4.09. The molecule has 0 fully saturated rings. The number of aryl methyl sites for hydroxylation is 1. The molecule has 0 aliphatic rings. The number of hydrogen-bond acceptors (Lipinski definition) is 4. The molecule has 3 aromatic rings. The van der Waals surface area contributed by atoms with Crippen LogP contribution in [0.15, 0.2) is 48.7 Å². The number of rotatable bonds is 5. The van der Waals surface area contributed by atoms with Gasteiger partial charge in [0.1, 0.15) is 13.2 Å². The van der Waals surface area contributed by atoms with Crippen molar-refractivity contribution in [1.29, 1.82) is 5.26 Å². The molecule has 1 N–H and O–H groups in total. The van der Waals surface area contributed by atoms with Crippen LogP contribution >= 0.6 is 0 Å². The molecule has 9 heteroatoms. The SMILES string of the molecule is N#CCC[n+]1c(O)c(C(=O)OCc2cccc(C(F)(F)F)c2)n2ccccc21. The highest BCUT2D eigenvalue weighted by Crippen LogP contribution is 2.29. The van der Waals surface area contributed by atoms with Crippen LogP contribution in [0, 0.1) is 11.3 Å². The highest BCUT2D eigenvalue weighted by atomic mass is 19.4. The van der Waals surface area contributed by atoms with E-state index in [9.17, 15) is 23.1 Å². The van der Waals surface area contributed by atoms with E-state index in [1.807, 2.05) is 6.07 Å². The number of alkyl halides is 3. The van der Waals surface area contributed by atoms with Crippen LogP contribution in [0.3, 0.4) is 0 Å². The van der Waals surface area contributed by atoms with Crippen LogP contribution in [-0.4, -0.2) is 15.5 Å². The second-order valence-corrected chi connectivity index (χ2v) is 5.94. The second-order valence-electron chi connectivity index (χ2n) is 5.94. The van der Waals surface area contributed by atoms with Crippen molar-refractivity contribution in [3.8, 4) is 11.9 Å². The van der Waals surface area contributed by atoms with Gasteiger partial charge >= 0.3 is 23.7 Å². The van der Waals surface area contributed by atoms with Crippen molar-refractivity contribution in [3.05, 3.63) is 65.5 Å². The highest BCUT2D eigenvalue weighted by molar-refractivity contribution is 5.90. The van der Waals surface area contributed by atoms with Crippen molar-refractivity contribution in [2.45, 2.75) is 25.7 Å². The first-order chi connectivity index (χ1) is 13.3. The standard InChI is InChI=1S/C19H14F3N3O3/c20-19(21,22)14-6-3-5-13(11-14)12-28-18(27)16-17(26)25(10-4-8-23)15-7-1-2-9-24(15)16/h1-3,5-7,9,11H,4,10,12H2/p+1. The predicted octanol–water partition coefficient (Wildman–Crippen LogP) is 3.22. The van der Waals surface area contributed by atoms with Gasteiger partial charge in [-0.15, -0.1) is 0 Å². The van der Waals surface area contributed by atoms with Crippen LogP contribution in [0.25, 0.3) is 5.65 Å². The zero-order valence-electron chi connectivity index (χ0n) is 14.5. The number of hydrogen-bond donors (Lipinski definition) is 1. The minimum atomic E-state index is -4.50. The van der Waals surface area contributed by atoms with Crippen molar-refractivity contribution < 1.29 is 32.4 Å². The van der Waals surface area contributed by atoms with Crippen LogP contribution in [0.5, 0.6) is 5.88 Å². The maximum absolute atomic E-state index is 12.8. The van der Waals surface area contributed by atoms with E-state index in [1.54, 1.807) is 24.4 Å². The van der Waals surface area contributed by atoms with Gasteiger partial charge in [0.2, 0.25) is 0 Å². The number of pyridine rings is 1. The van der Waals surface area contributed by atoms with E-state index < -0.39 is 17.7 Å². The first-order valence-electron chi connectivity index (χ1n) is 8.25. The second kappa shape index (κ2) is 7.60. The van der Waals surface area contributed by atoms with Gasteiger partial charge in [-0.1, -0.05) is 18.2 Å². The first kappa shape index (κ1) is 19.2. The molecule has 2 aromatic heterocycles. The lowest BCUT2D eigenvalue weighted by atomic mass is 10.1. The quantitative estimate of drug-likeness (QED) is 0.536. The molecule has 1 aromatic carbocycles. The Bertz CT molecular complexity index is 1070. The summed E-state index contributed by atoms with van der Waals surface area (Å²) in [6, 6.07) is 11.4.